The van der Waals surface area contributed by atoms with Crippen LogP contribution in [0.3, 0.4) is 0 Å². The van der Waals surface area contributed by atoms with E-state index in [4.69, 9.17) is 45.1 Å². The molecule has 4 rings (SSSR count). The number of halogens is 1. The molecule has 2 heterocycles. The molecule has 1 saturated carbocycles. The molecule has 2 saturated heterocycles. The first-order valence-corrected chi connectivity index (χ1v) is 15.5. The van der Waals surface area contributed by atoms with E-state index < -0.39 is 18.2 Å². The summed E-state index contributed by atoms with van der Waals surface area (Å²) in [5, 5.41) is 20.4. The molecule has 0 amide bonds. The van der Waals surface area contributed by atoms with Gasteiger partial charge in [-0.1, -0.05) is 35.9 Å². The second kappa shape index (κ2) is 17.4. The lowest BCUT2D eigenvalue weighted by atomic mass is 9.98. The van der Waals surface area contributed by atoms with Crippen LogP contribution in [0.15, 0.2) is 36.4 Å². The summed E-state index contributed by atoms with van der Waals surface area (Å²) < 4.78 is 36.9. The third-order valence-electron chi connectivity index (χ3n) is 7.78. The second-order valence-corrected chi connectivity index (χ2v) is 11.4. The zero-order valence-corrected chi connectivity index (χ0v) is 24.5. The lowest BCUT2D eigenvalue weighted by molar-refractivity contribution is -0.226. The Labute approximate surface area is 248 Å². The van der Waals surface area contributed by atoms with Gasteiger partial charge in [0.1, 0.15) is 18.5 Å². The van der Waals surface area contributed by atoms with Crippen molar-refractivity contribution < 1.29 is 43.4 Å². The Balaban J connectivity index is 1.41. The fourth-order valence-electron chi connectivity index (χ4n) is 5.58. The lowest BCUT2D eigenvalue weighted by Crippen LogP contribution is -2.40. The van der Waals surface area contributed by atoms with Gasteiger partial charge in [-0.05, 0) is 69.9 Å². The average Bonchev–Trinajstić information content (AvgIpc) is 3.26. The molecule has 230 valence electrons. The zero-order valence-electron chi connectivity index (χ0n) is 23.7. The van der Waals surface area contributed by atoms with Crippen molar-refractivity contribution >= 4 is 17.6 Å². The number of aliphatic carboxylic acids is 1. The highest BCUT2D eigenvalue weighted by Gasteiger charge is 2.45. The SMILES string of the molecule is O=C(O)CCCC=CCC1C(O)CC(OC2CCCCO2)C1OCC(COc1ccccc1Cl)OC1CCCCO1. The van der Waals surface area contributed by atoms with Crippen molar-refractivity contribution in [1.82, 2.24) is 0 Å². The van der Waals surface area contributed by atoms with Crippen molar-refractivity contribution in [2.24, 2.45) is 5.92 Å². The molecule has 2 aliphatic heterocycles. The number of ether oxygens (including phenoxy) is 6. The maximum absolute atomic E-state index is 11.0. The van der Waals surface area contributed by atoms with Crippen molar-refractivity contribution in [2.75, 3.05) is 26.4 Å². The van der Waals surface area contributed by atoms with Gasteiger partial charge >= 0.3 is 5.97 Å². The number of allylic oxidation sites excluding steroid dienone is 2. The number of unbranched alkanes of at least 4 members (excludes halogenated alkanes) is 1. The number of carboxylic acid groups (broad SMARTS) is 1. The van der Waals surface area contributed by atoms with Crippen molar-refractivity contribution in [3.8, 4) is 5.75 Å². The smallest absolute Gasteiger partial charge is 0.303 e. The summed E-state index contributed by atoms with van der Waals surface area (Å²) in [6.07, 6.45) is 9.84. The van der Waals surface area contributed by atoms with E-state index in [1.54, 1.807) is 6.07 Å². The summed E-state index contributed by atoms with van der Waals surface area (Å²) in [4.78, 5) is 10.8. The van der Waals surface area contributed by atoms with Crippen molar-refractivity contribution in [3.63, 3.8) is 0 Å². The van der Waals surface area contributed by atoms with Crippen LogP contribution in [-0.2, 0) is 28.5 Å². The fraction of sp³-hybridized carbons (Fsp3) is 0.710. The molecule has 0 spiro atoms. The number of carbonyl (C=O) groups is 1. The number of rotatable bonds is 16. The number of hydrogen-bond donors (Lipinski definition) is 2. The quantitative estimate of drug-likeness (QED) is 0.188. The van der Waals surface area contributed by atoms with Crippen LogP contribution in [0.2, 0.25) is 5.02 Å². The highest BCUT2D eigenvalue weighted by atomic mass is 35.5. The molecule has 41 heavy (non-hydrogen) atoms. The minimum Gasteiger partial charge on any atom is -0.489 e. The molecule has 9 nitrogen and oxygen atoms in total. The Hall–Kier alpha value is -1.72. The van der Waals surface area contributed by atoms with Gasteiger partial charge in [0.15, 0.2) is 12.6 Å². The van der Waals surface area contributed by atoms with Crippen LogP contribution in [-0.4, -0.2) is 79.6 Å². The largest absolute Gasteiger partial charge is 0.489 e. The van der Waals surface area contributed by atoms with Crippen LogP contribution >= 0.6 is 11.6 Å². The van der Waals surface area contributed by atoms with Gasteiger partial charge in [-0.25, -0.2) is 0 Å². The van der Waals surface area contributed by atoms with E-state index in [1.165, 1.54) is 0 Å². The Morgan fingerprint density at radius 1 is 1.05 bits per heavy atom. The second-order valence-electron chi connectivity index (χ2n) is 11.0. The van der Waals surface area contributed by atoms with Crippen LogP contribution in [0.4, 0.5) is 0 Å². The van der Waals surface area contributed by atoms with Crippen LogP contribution in [0, 0.1) is 5.92 Å². The maximum Gasteiger partial charge on any atom is 0.303 e. The van der Waals surface area contributed by atoms with E-state index in [0.29, 0.717) is 49.7 Å². The summed E-state index contributed by atoms with van der Waals surface area (Å²) in [7, 11) is 0. The molecule has 0 aromatic heterocycles. The van der Waals surface area contributed by atoms with Gasteiger partial charge in [-0.2, -0.15) is 0 Å². The van der Waals surface area contributed by atoms with Crippen molar-refractivity contribution in [2.45, 2.75) is 108 Å². The molecule has 1 aromatic rings. The molecule has 1 aromatic carbocycles. The molecule has 3 fully saturated rings. The molecular formula is C31H45ClO9. The van der Waals surface area contributed by atoms with E-state index in [9.17, 15) is 9.90 Å². The van der Waals surface area contributed by atoms with Crippen LogP contribution in [0.5, 0.6) is 5.75 Å². The molecule has 10 heteroatoms. The Morgan fingerprint density at radius 3 is 2.51 bits per heavy atom. The number of aliphatic hydroxyl groups is 1. The third-order valence-corrected chi connectivity index (χ3v) is 8.09. The minimum absolute atomic E-state index is 0.141. The van der Waals surface area contributed by atoms with E-state index >= 15 is 0 Å². The van der Waals surface area contributed by atoms with Crippen molar-refractivity contribution in [1.29, 1.82) is 0 Å². The normalized spacial score (nSPS) is 29.5. The van der Waals surface area contributed by atoms with E-state index in [2.05, 4.69) is 0 Å². The summed E-state index contributed by atoms with van der Waals surface area (Å²) in [5.41, 5.74) is 0. The van der Waals surface area contributed by atoms with Gasteiger partial charge in [0.25, 0.3) is 0 Å². The predicted molar refractivity (Wildman–Crippen MR) is 153 cm³/mol. The number of benzene rings is 1. The van der Waals surface area contributed by atoms with Crippen LogP contribution in [0.25, 0.3) is 0 Å². The predicted octanol–water partition coefficient (Wildman–Crippen LogP) is 5.51. The van der Waals surface area contributed by atoms with Gasteiger partial charge in [0, 0.05) is 32.0 Å². The van der Waals surface area contributed by atoms with E-state index in [-0.39, 0.29) is 50.3 Å². The number of para-hydroxylation sites is 1. The molecule has 0 bridgehead atoms. The van der Waals surface area contributed by atoms with Crippen LogP contribution < -0.4 is 4.74 Å². The first-order valence-electron chi connectivity index (χ1n) is 15.1. The molecule has 1 aliphatic carbocycles. The average molecular weight is 597 g/mol. The Morgan fingerprint density at radius 2 is 1.80 bits per heavy atom. The lowest BCUT2D eigenvalue weighted by Gasteiger charge is -2.32. The third kappa shape index (κ3) is 10.8. The van der Waals surface area contributed by atoms with Crippen molar-refractivity contribution in [3.05, 3.63) is 41.4 Å². The van der Waals surface area contributed by atoms with Crippen LogP contribution in [0.1, 0.15) is 70.6 Å². The summed E-state index contributed by atoms with van der Waals surface area (Å²) in [6, 6.07) is 7.32. The number of carboxylic acids is 1. The topological polar surface area (TPSA) is 113 Å². The summed E-state index contributed by atoms with van der Waals surface area (Å²) >= 11 is 6.31. The van der Waals surface area contributed by atoms with E-state index in [1.807, 2.05) is 30.4 Å². The first-order chi connectivity index (χ1) is 20.0. The summed E-state index contributed by atoms with van der Waals surface area (Å²) in [6.45, 7) is 1.79. The van der Waals surface area contributed by atoms with Gasteiger partial charge in [-0.3, -0.25) is 4.79 Å². The number of hydrogen-bond acceptors (Lipinski definition) is 8. The zero-order chi connectivity index (χ0) is 28.9. The van der Waals surface area contributed by atoms with Gasteiger partial charge < -0.3 is 38.6 Å². The Kier molecular flexibility index (Phi) is 13.7. The standard InChI is InChI=1S/C31H45ClO9/c32-24-12-5-6-13-26(24)38-20-22(40-29-15-7-9-17-36-29)21-39-31-23(11-3-1-2-4-14-28(34)35)25(33)19-27(31)41-30-16-8-10-18-37-30/h1,3,5-6,12-13,22-23,25,27,29-31,33H,2,4,7-11,14-21H2,(H,34,35). The van der Waals surface area contributed by atoms with Gasteiger partial charge in [0.05, 0.1) is 29.9 Å². The highest BCUT2D eigenvalue weighted by Crippen LogP contribution is 2.36. The first kappa shape index (κ1) is 32.2. The molecule has 7 unspecified atom stereocenters. The molecule has 2 N–H and O–H groups in total. The highest BCUT2D eigenvalue weighted by molar-refractivity contribution is 6.32. The van der Waals surface area contributed by atoms with E-state index in [0.717, 1.165) is 38.5 Å². The monoisotopic (exact) mass is 596 g/mol. The molecule has 7 atom stereocenters. The molecule has 0 radical (unpaired) electrons. The van der Waals surface area contributed by atoms with Gasteiger partial charge in [0.2, 0.25) is 0 Å². The Bertz CT molecular complexity index is 932. The molecule has 3 aliphatic rings. The maximum atomic E-state index is 11.0. The van der Waals surface area contributed by atoms with Gasteiger partial charge in [-0.15, -0.1) is 0 Å². The fourth-order valence-corrected chi connectivity index (χ4v) is 5.77. The minimum atomic E-state index is -0.795. The summed E-state index contributed by atoms with van der Waals surface area (Å²) in [5.74, 6) is -0.405. The molecular weight excluding hydrogens is 552 g/mol. The number of aliphatic hydroxyl groups excluding tert-OH is 1.